The van der Waals surface area contributed by atoms with Crippen LogP contribution in [0.5, 0.6) is 0 Å². The fraction of sp³-hybridized carbons (Fsp3) is 0.150. The Morgan fingerprint density at radius 3 is 2.69 bits per heavy atom. The lowest BCUT2D eigenvalue weighted by Crippen LogP contribution is -2.44. The van der Waals surface area contributed by atoms with E-state index in [1.165, 1.54) is 6.26 Å². The van der Waals surface area contributed by atoms with E-state index < -0.39 is 18.1 Å². The summed E-state index contributed by atoms with van der Waals surface area (Å²) >= 11 is 0. The summed E-state index contributed by atoms with van der Waals surface area (Å²) in [6.07, 6.45) is 4.81. The summed E-state index contributed by atoms with van der Waals surface area (Å²) in [5.41, 5.74) is 1.74. The smallest absolute Gasteiger partial charge is 0.325 e. The summed E-state index contributed by atoms with van der Waals surface area (Å²) in [6.45, 7) is 0.260. The number of aromatic nitrogens is 1. The standard InChI is InChI=1S/C20H16N2O4/c23-19-15-7-2-1-6-14(15)17(20(24)25)22(12-13-5-3-9-21-11-13)18(19)16-8-4-10-26-16/h1-11,17-18H,12H2,(H,24,25). The quantitative estimate of drug-likeness (QED) is 0.779. The maximum Gasteiger partial charge on any atom is 0.325 e. The highest BCUT2D eigenvalue weighted by Gasteiger charge is 2.45. The van der Waals surface area contributed by atoms with Crippen molar-refractivity contribution in [3.05, 3.63) is 89.6 Å². The molecular formula is C20H16N2O4. The number of hydrogen-bond acceptors (Lipinski definition) is 5. The van der Waals surface area contributed by atoms with Gasteiger partial charge in [-0.05, 0) is 29.3 Å². The van der Waals surface area contributed by atoms with Crippen LogP contribution < -0.4 is 0 Å². The number of furan rings is 1. The molecule has 0 saturated heterocycles. The number of hydrogen-bond donors (Lipinski definition) is 1. The fourth-order valence-electron chi connectivity index (χ4n) is 3.48. The minimum absolute atomic E-state index is 0.169. The second kappa shape index (κ2) is 6.57. The average Bonchev–Trinajstić information content (AvgIpc) is 3.17. The number of carbonyl (C=O) groups excluding carboxylic acids is 1. The fourth-order valence-corrected chi connectivity index (χ4v) is 3.48. The number of carbonyl (C=O) groups is 2. The summed E-state index contributed by atoms with van der Waals surface area (Å²) in [7, 11) is 0. The van der Waals surface area contributed by atoms with Crippen molar-refractivity contribution in [2.45, 2.75) is 18.6 Å². The molecule has 3 aromatic rings. The van der Waals surface area contributed by atoms with Crippen molar-refractivity contribution in [2.75, 3.05) is 0 Å². The van der Waals surface area contributed by atoms with E-state index in [1.807, 2.05) is 6.07 Å². The summed E-state index contributed by atoms with van der Waals surface area (Å²) in [5, 5.41) is 9.94. The van der Waals surface area contributed by atoms with Crippen molar-refractivity contribution >= 4 is 11.8 Å². The van der Waals surface area contributed by atoms with Gasteiger partial charge in [-0.25, -0.2) is 0 Å². The summed E-state index contributed by atoms with van der Waals surface area (Å²) in [4.78, 5) is 31.1. The third-order valence-corrected chi connectivity index (χ3v) is 4.57. The lowest BCUT2D eigenvalue weighted by molar-refractivity contribution is -0.145. The van der Waals surface area contributed by atoms with Crippen LogP contribution in [0.15, 0.2) is 71.6 Å². The van der Waals surface area contributed by atoms with Crippen LogP contribution in [0.3, 0.4) is 0 Å². The lowest BCUT2D eigenvalue weighted by Gasteiger charge is -2.39. The summed E-state index contributed by atoms with van der Waals surface area (Å²) in [5.74, 6) is -0.748. The molecule has 0 saturated carbocycles. The largest absolute Gasteiger partial charge is 0.480 e. The van der Waals surface area contributed by atoms with Gasteiger partial charge in [0.15, 0.2) is 5.78 Å². The first-order chi connectivity index (χ1) is 12.7. The number of Topliss-reactive ketones (excluding diaryl/α,β-unsaturated/α-hetero) is 1. The van der Waals surface area contributed by atoms with Crippen molar-refractivity contribution in [1.82, 2.24) is 9.88 Å². The van der Waals surface area contributed by atoms with Gasteiger partial charge in [0, 0.05) is 24.5 Å². The van der Waals surface area contributed by atoms with E-state index in [1.54, 1.807) is 59.8 Å². The highest BCUT2D eigenvalue weighted by molar-refractivity contribution is 6.04. The first-order valence-corrected chi connectivity index (χ1v) is 8.21. The van der Waals surface area contributed by atoms with Gasteiger partial charge in [-0.15, -0.1) is 0 Å². The Morgan fingerprint density at radius 2 is 2.00 bits per heavy atom. The minimum Gasteiger partial charge on any atom is -0.480 e. The van der Waals surface area contributed by atoms with Gasteiger partial charge in [0.25, 0.3) is 0 Å². The van der Waals surface area contributed by atoms with Crippen LogP contribution in [0.25, 0.3) is 0 Å². The van der Waals surface area contributed by atoms with E-state index >= 15 is 0 Å². The van der Waals surface area contributed by atoms with E-state index in [-0.39, 0.29) is 12.3 Å². The van der Waals surface area contributed by atoms with Gasteiger partial charge in [0.2, 0.25) is 0 Å². The molecule has 1 N–H and O–H groups in total. The zero-order valence-electron chi connectivity index (χ0n) is 13.8. The van der Waals surface area contributed by atoms with Crippen molar-refractivity contribution < 1.29 is 19.1 Å². The third-order valence-electron chi connectivity index (χ3n) is 4.57. The van der Waals surface area contributed by atoms with Gasteiger partial charge in [-0.1, -0.05) is 30.3 Å². The predicted molar refractivity (Wildman–Crippen MR) is 92.4 cm³/mol. The number of rotatable bonds is 4. The third kappa shape index (κ3) is 2.70. The number of carboxylic acids is 1. The Morgan fingerprint density at radius 1 is 1.15 bits per heavy atom. The SMILES string of the molecule is O=C1c2ccccc2C(C(=O)O)N(Cc2cccnc2)C1c1ccco1. The molecule has 6 heteroatoms. The maximum atomic E-state index is 13.2. The Hall–Kier alpha value is -3.25. The minimum atomic E-state index is -1.01. The van der Waals surface area contributed by atoms with Crippen LogP contribution in [0.1, 0.15) is 39.3 Å². The zero-order chi connectivity index (χ0) is 18.1. The van der Waals surface area contributed by atoms with E-state index in [4.69, 9.17) is 4.42 Å². The highest BCUT2D eigenvalue weighted by Crippen LogP contribution is 2.41. The predicted octanol–water partition coefficient (Wildman–Crippen LogP) is 3.24. The van der Waals surface area contributed by atoms with Gasteiger partial charge in [-0.3, -0.25) is 19.5 Å². The molecule has 0 spiro atoms. The zero-order valence-corrected chi connectivity index (χ0v) is 13.8. The van der Waals surface area contributed by atoms with Crippen molar-refractivity contribution in [3.63, 3.8) is 0 Å². The second-order valence-corrected chi connectivity index (χ2v) is 6.14. The maximum absolute atomic E-state index is 13.2. The van der Waals surface area contributed by atoms with Crippen LogP contribution in [-0.4, -0.2) is 26.7 Å². The molecule has 0 amide bonds. The van der Waals surface area contributed by atoms with Gasteiger partial charge >= 0.3 is 5.97 Å². The van der Waals surface area contributed by atoms with Crippen molar-refractivity contribution in [2.24, 2.45) is 0 Å². The molecule has 1 aliphatic rings. The number of fused-ring (bicyclic) bond motifs is 1. The number of carboxylic acid groups (broad SMARTS) is 1. The molecule has 0 bridgehead atoms. The van der Waals surface area contributed by atoms with Crippen molar-refractivity contribution in [3.8, 4) is 0 Å². The summed E-state index contributed by atoms with van der Waals surface area (Å²) < 4.78 is 5.48. The van der Waals surface area contributed by atoms with Crippen LogP contribution in [0.2, 0.25) is 0 Å². The molecule has 1 aromatic carbocycles. The Bertz CT molecular complexity index is 937. The molecule has 26 heavy (non-hydrogen) atoms. The Kier molecular flexibility index (Phi) is 4.10. The van der Waals surface area contributed by atoms with Crippen LogP contribution in [-0.2, 0) is 11.3 Å². The van der Waals surface area contributed by atoms with Crippen LogP contribution in [0.4, 0.5) is 0 Å². The Balaban J connectivity index is 1.87. The molecule has 4 rings (SSSR count). The summed E-state index contributed by atoms with van der Waals surface area (Å²) in [6, 6.07) is 12.1. The number of pyridine rings is 1. The first-order valence-electron chi connectivity index (χ1n) is 8.21. The van der Waals surface area contributed by atoms with E-state index in [0.717, 1.165) is 5.56 Å². The first kappa shape index (κ1) is 16.2. The molecule has 0 radical (unpaired) electrons. The molecule has 3 heterocycles. The van der Waals surface area contributed by atoms with Crippen molar-refractivity contribution in [1.29, 1.82) is 0 Å². The number of ketones is 1. The molecule has 130 valence electrons. The van der Waals surface area contributed by atoms with E-state index in [0.29, 0.717) is 16.9 Å². The molecule has 6 nitrogen and oxygen atoms in total. The molecule has 0 fully saturated rings. The lowest BCUT2D eigenvalue weighted by atomic mass is 9.85. The molecule has 2 atom stereocenters. The van der Waals surface area contributed by atoms with Crippen LogP contribution >= 0.6 is 0 Å². The number of benzene rings is 1. The molecular weight excluding hydrogens is 332 g/mol. The molecule has 1 aliphatic heterocycles. The highest BCUT2D eigenvalue weighted by atomic mass is 16.4. The van der Waals surface area contributed by atoms with Gasteiger partial charge < -0.3 is 9.52 Å². The second-order valence-electron chi connectivity index (χ2n) is 6.14. The van der Waals surface area contributed by atoms with Gasteiger partial charge in [-0.2, -0.15) is 0 Å². The topological polar surface area (TPSA) is 83.6 Å². The molecule has 2 unspecified atom stereocenters. The number of aliphatic carboxylic acids is 1. The van der Waals surface area contributed by atoms with Gasteiger partial charge in [0.1, 0.15) is 17.8 Å². The Labute approximate surface area is 149 Å². The van der Waals surface area contributed by atoms with E-state index in [9.17, 15) is 14.7 Å². The van der Waals surface area contributed by atoms with Crippen LogP contribution in [0, 0.1) is 0 Å². The monoisotopic (exact) mass is 348 g/mol. The molecule has 0 aliphatic carbocycles. The normalized spacial score (nSPS) is 19.9. The molecule has 2 aromatic heterocycles. The average molecular weight is 348 g/mol. The van der Waals surface area contributed by atoms with E-state index in [2.05, 4.69) is 4.98 Å². The van der Waals surface area contributed by atoms with Gasteiger partial charge in [0.05, 0.1) is 6.26 Å². The number of nitrogens with zero attached hydrogens (tertiary/aromatic N) is 2.